The molecule has 0 unspecified atom stereocenters. The SMILES string of the molecule is COc1cc(/C=C2/C(=O)ON=C2c2ccccc2)ccc1OCc1ccccc1F. The van der Waals surface area contributed by atoms with Crippen molar-refractivity contribution in [3.63, 3.8) is 0 Å². The summed E-state index contributed by atoms with van der Waals surface area (Å²) in [6.07, 6.45) is 1.68. The molecule has 0 aliphatic carbocycles. The molecular formula is C24H18FNO4. The van der Waals surface area contributed by atoms with Crippen molar-refractivity contribution in [2.45, 2.75) is 6.61 Å². The van der Waals surface area contributed by atoms with E-state index in [1.165, 1.54) is 13.2 Å². The normalized spacial score (nSPS) is 14.4. The molecule has 0 fully saturated rings. The van der Waals surface area contributed by atoms with Crippen LogP contribution in [0.3, 0.4) is 0 Å². The van der Waals surface area contributed by atoms with E-state index in [2.05, 4.69) is 5.16 Å². The number of carbonyl (C=O) groups is 1. The molecule has 1 aliphatic rings. The minimum atomic E-state index is -0.521. The van der Waals surface area contributed by atoms with E-state index in [-0.39, 0.29) is 12.4 Å². The Morgan fingerprint density at radius 3 is 2.53 bits per heavy atom. The van der Waals surface area contributed by atoms with Gasteiger partial charge < -0.3 is 14.3 Å². The lowest BCUT2D eigenvalue weighted by atomic mass is 10.0. The van der Waals surface area contributed by atoms with Crippen LogP contribution in [0.25, 0.3) is 6.08 Å². The lowest BCUT2D eigenvalue weighted by molar-refractivity contribution is -0.136. The van der Waals surface area contributed by atoms with Gasteiger partial charge in [0.1, 0.15) is 18.1 Å². The lowest BCUT2D eigenvalue weighted by Gasteiger charge is -2.12. The zero-order chi connectivity index (χ0) is 20.9. The maximum atomic E-state index is 13.8. The van der Waals surface area contributed by atoms with E-state index in [0.29, 0.717) is 33.9 Å². The Kier molecular flexibility index (Phi) is 5.57. The van der Waals surface area contributed by atoms with Gasteiger partial charge in [-0.2, -0.15) is 0 Å². The molecule has 3 aromatic rings. The average Bonchev–Trinajstić information content (AvgIpc) is 3.14. The van der Waals surface area contributed by atoms with Crippen molar-refractivity contribution in [1.29, 1.82) is 0 Å². The number of carbonyl (C=O) groups excluding carboxylic acids is 1. The minimum absolute atomic E-state index is 0.0700. The number of halogens is 1. The minimum Gasteiger partial charge on any atom is -0.493 e. The molecule has 4 rings (SSSR count). The van der Waals surface area contributed by atoms with Crippen LogP contribution in [0.15, 0.2) is 83.5 Å². The highest BCUT2D eigenvalue weighted by Crippen LogP contribution is 2.31. The van der Waals surface area contributed by atoms with Crippen LogP contribution in [-0.2, 0) is 16.2 Å². The molecule has 0 spiro atoms. The molecule has 30 heavy (non-hydrogen) atoms. The highest BCUT2D eigenvalue weighted by molar-refractivity contribution is 6.31. The van der Waals surface area contributed by atoms with Gasteiger partial charge in [0.2, 0.25) is 0 Å². The van der Waals surface area contributed by atoms with E-state index in [9.17, 15) is 9.18 Å². The summed E-state index contributed by atoms with van der Waals surface area (Å²) in [5.74, 6) is 0.0806. The topological polar surface area (TPSA) is 57.1 Å². The average molecular weight is 403 g/mol. The number of hydrogen-bond acceptors (Lipinski definition) is 5. The first-order valence-corrected chi connectivity index (χ1v) is 9.27. The first-order valence-electron chi connectivity index (χ1n) is 9.27. The highest BCUT2D eigenvalue weighted by atomic mass is 19.1. The molecule has 0 bridgehead atoms. The predicted octanol–water partition coefficient (Wildman–Crippen LogP) is 4.76. The van der Waals surface area contributed by atoms with Crippen molar-refractivity contribution in [3.05, 3.63) is 101 Å². The van der Waals surface area contributed by atoms with Crippen LogP contribution in [0.5, 0.6) is 11.5 Å². The first kappa shape index (κ1) is 19.4. The molecule has 0 saturated carbocycles. The fraction of sp³-hybridized carbons (Fsp3) is 0.0833. The maximum Gasteiger partial charge on any atom is 0.368 e. The summed E-state index contributed by atoms with van der Waals surface area (Å²) in [5, 5.41) is 3.90. The third kappa shape index (κ3) is 4.07. The van der Waals surface area contributed by atoms with Crippen molar-refractivity contribution >= 4 is 17.8 Å². The quantitative estimate of drug-likeness (QED) is 0.440. The van der Waals surface area contributed by atoms with Crippen LogP contribution >= 0.6 is 0 Å². The van der Waals surface area contributed by atoms with Crippen LogP contribution in [-0.4, -0.2) is 18.8 Å². The Labute approximate surface area is 173 Å². The number of oxime groups is 1. The van der Waals surface area contributed by atoms with Gasteiger partial charge in [0.15, 0.2) is 11.5 Å². The number of ether oxygens (including phenoxy) is 2. The molecule has 0 radical (unpaired) electrons. The summed E-state index contributed by atoms with van der Waals surface area (Å²) in [5.41, 5.74) is 2.76. The van der Waals surface area contributed by atoms with Crippen LogP contribution in [0.1, 0.15) is 16.7 Å². The smallest absolute Gasteiger partial charge is 0.368 e. The number of nitrogens with zero attached hydrogens (tertiary/aromatic N) is 1. The number of hydrogen-bond donors (Lipinski definition) is 0. The van der Waals surface area contributed by atoms with E-state index in [4.69, 9.17) is 14.3 Å². The molecule has 0 N–H and O–H groups in total. The van der Waals surface area contributed by atoms with Crippen LogP contribution < -0.4 is 9.47 Å². The van der Waals surface area contributed by atoms with Crippen LogP contribution in [0, 0.1) is 5.82 Å². The summed E-state index contributed by atoms with van der Waals surface area (Å²) >= 11 is 0. The molecule has 3 aromatic carbocycles. The Morgan fingerprint density at radius 1 is 1.00 bits per heavy atom. The second-order valence-electron chi connectivity index (χ2n) is 6.53. The highest BCUT2D eigenvalue weighted by Gasteiger charge is 2.26. The fourth-order valence-electron chi connectivity index (χ4n) is 3.04. The zero-order valence-corrected chi connectivity index (χ0v) is 16.2. The fourth-order valence-corrected chi connectivity index (χ4v) is 3.04. The van der Waals surface area contributed by atoms with Crippen molar-refractivity contribution in [3.8, 4) is 11.5 Å². The van der Waals surface area contributed by atoms with E-state index in [1.807, 2.05) is 30.3 Å². The molecule has 0 aromatic heterocycles. The monoisotopic (exact) mass is 403 g/mol. The van der Waals surface area contributed by atoms with Gasteiger partial charge in [0.05, 0.1) is 12.7 Å². The molecule has 0 amide bonds. The first-order chi connectivity index (χ1) is 14.7. The van der Waals surface area contributed by atoms with Gasteiger partial charge in [-0.1, -0.05) is 59.8 Å². The third-order valence-electron chi connectivity index (χ3n) is 4.58. The Balaban J connectivity index is 1.58. The summed E-state index contributed by atoms with van der Waals surface area (Å²) in [6.45, 7) is 0.0700. The molecular weight excluding hydrogens is 385 g/mol. The van der Waals surface area contributed by atoms with Gasteiger partial charge in [-0.15, -0.1) is 0 Å². The maximum absolute atomic E-state index is 13.8. The van der Waals surface area contributed by atoms with Crippen molar-refractivity contribution in [2.75, 3.05) is 7.11 Å². The number of benzene rings is 3. The van der Waals surface area contributed by atoms with Gasteiger partial charge in [0.25, 0.3) is 0 Å². The number of rotatable bonds is 6. The molecule has 0 atom stereocenters. The number of methoxy groups -OCH3 is 1. The Bertz CT molecular complexity index is 1140. The summed E-state index contributed by atoms with van der Waals surface area (Å²) < 4.78 is 24.9. The Morgan fingerprint density at radius 2 is 1.77 bits per heavy atom. The van der Waals surface area contributed by atoms with E-state index >= 15 is 0 Å². The van der Waals surface area contributed by atoms with Crippen molar-refractivity contribution in [2.24, 2.45) is 5.16 Å². The predicted molar refractivity (Wildman–Crippen MR) is 111 cm³/mol. The summed E-state index contributed by atoms with van der Waals surface area (Å²) in [6, 6.07) is 21.0. The molecule has 1 heterocycles. The second-order valence-corrected chi connectivity index (χ2v) is 6.53. The standard InChI is InChI=1S/C24H18FNO4/c1-28-22-14-16(11-12-21(22)29-15-18-9-5-6-10-20(18)25)13-19-23(26-30-24(19)27)17-7-3-2-4-8-17/h2-14H,15H2,1H3/b19-13+. The second kappa shape index (κ2) is 8.61. The molecule has 1 aliphatic heterocycles. The summed E-state index contributed by atoms with van der Waals surface area (Å²) in [7, 11) is 1.52. The largest absolute Gasteiger partial charge is 0.493 e. The van der Waals surface area contributed by atoms with Crippen molar-refractivity contribution < 1.29 is 23.5 Å². The van der Waals surface area contributed by atoms with Crippen LogP contribution in [0.4, 0.5) is 4.39 Å². The van der Waals surface area contributed by atoms with Crippen molar-refractivity contribution in [1.82, 2.24) is 0 Å². The van der Waals surface area contributed by atoms with Gasteiger partial charge in [-0.05, 0) is 29.8 Å². The van der Waals surface area contributed by atoms with Crippen LogP contribution in [0.2, 0.25) is 0 Å². The van der Waals surface area contributed by atoms with Gasteiger partial charge in [-0.25, -0.2) is 9.18 Å². The zero-order valence-electron chi connectivity index (χ0n) is 16.2. The summed E-state index contributed by atoms with van der Waals surface area (Å²) in [4.78, 5) is 17.1. The van der Waals surface area contributed by atoms with Gasteiger partial charge in [-0.3, -0.25) is 0 Å². The molecule has 6 heteroatoms. The van der Waals surface area contributed by atoms with E-state index in [1.54, 1.807) is 42.5 Å². The van der Waals surface area contributed by atoms with Gasteiger partial charge in [0, 0.05) is 11.1 Å². The lowest BCUT2D eigenvalue weighted by Crippen LogP contribution is -2.06. The third-order valence-corrected chi connectivity index (χ3v) is 4.58. The molecule has 5 nitrogen and oxygen atoms in total. The molecule has 0 saturated heterocycles. The van der Waals surface area contributed by atoms with E-state index in [0.717, 1.165) is 5.56 Å². The molecule has 150 valence electrons. The van der Waals surface area contributed by atoms with Gasteiger partial charge >= 0.3 is 5.97 Å². The Hall–Kier alpha value is -3.93. The van der Waals surface area contributed by atoms with E-state index < -0.39 is 5.97 Å².